The van der Waals surface area contributed by atoms with Gasteiger partial charge in [0.1, 0.15) is 17.5 Å². The van der Waals surface area contributed by atoms with Gasteiger partial charge in [-0.2, -0.15) is 0 Å². The number of unbranched alkanes of at least 4 members (excludes halogenated alkanes) is 2. The quantitative estimate of drug-likeness (QED) is 0.186. The molecule has 194 valence electrons. The van der Waals surface area contributed by atoms with Crippen molar-refractivity contribution in [2.24, 2.45) is 0 Å². The second-order valence-electron chi connectivity index (χ2n) is 9.37. The normalized spacial score (nSPS) is 11.4. The van der Waals surface area contributed by atoms with Crippen molar-refractivity contribution in [3.8, 4) is 22.6 Å². The Morgan fingerprint density at radius 1 is 0.784 bits per heavy atom. The average molecular weight is 522 g/mol. The summed E-state index contributed by atoms with van der Waals surface area (Å²) in [7, 11) is 0. The van der Waals surface area contributed by atoms with Crippen molar-refractivity contribution in [3.63, 3.8) is 0 Å². The van der Waals surface area contributed by atoms with Gasteiger partial charge >= 0.3 is 0 Å². The van der Waals surface area contributed by atoms with E-state index in [1.807, 2.05) is 42.5 Å². The zero-order chi connectivity index (χ0) is 26.2. The molecule has 37 heavy (non-hydrogen) atoms. The molecule has 1 heterocycles. The summed E-state index contributed by atoms with van der Waals surface area (Å²) in [6, 6.07) is 22.0. The molecule has 4 aromatic rings. The van der Waals surface area contributed by atoms with Gasteiger partial charge in [-0.25, -0.2) is 13.8 Å². The Hall–Kier alpha value is -3.02. The van der Waals surface area contributed by atoms with Crippen molar-refractivity contribution < 1.29 is 8.78 Å². The van der Waals surface area contributed by atoms with Gasteiger partial charge in [0.15, 0.2) is 0 Å². The molecular formula is C31H34ClF2N3. The van der Waals surface area contributed by atoms with Crippen molar-refractivity contribution in [1.82, 2.24) is 14.5 Å². The fourth-order valence-electron chi connectivity index (χ4n) is 4.56. The minimum atomic E-state index is -0.510. The van der Waals surface area contributed by atoms with E-state index < -0.39 is 11.6 Å². The summed E-state index contributed by atoms with van der Waals surface area (Å²) in [5, 5.41) is 0.665. The Morgan fingerprint density at radius 3 is 2.11 bits per heavy atom. The summed E-state index contributed by atoms with van der Waals surface area (Å²) in [6.45, 7) is 6.55. The highest BCUT2D eigenvalue weighted by molar-refractivity contribution is 6.30. The largest absolute Gasteiger partial charge is 0.326 e. The van der Waals surface area contributed by atoms with Crippen molar-refractivity contribution in [1.29, 1.82) is 0 Å². The molecule has 0 bridgehead atoms. The number of imidazole rings is 1. The molecule has 0 saturated heterocycles. The van der Waals surface area contributed by atoms with E-state index in [1.165, 1.54) is 18.2 Å². The van der Waals surface area contributed by atoms with Crippen LogP contribution in [0, 0.1) is 11.6 Å². The molecule has 1 aromatic heterocycles. The highest BCUT2D eigenvalue weighted by Gasteiger charge is 2.23. The molecule has 4 rings (SSSR count). The number of benzene rings is 3. The number of hydrogen-bond acceptors (Lipinski definition) is 2. The Morgan fingerprint density at radius 2 is 1.46 bits per heavy atom. The molecule has 0 aliphatic carbocycles. The molecule has 3 nitrogen and oxygen atoms in total. The Bertz CT molecular complexity index is 1270. The Labute approximate surface area is 223 Å². The summed E-state index contributed by atoms with van der Waals surface area (Å²) >= 11 is 6.20. The Kier molecular flexibility index (Phi) is 9.48. The molecule has 0 unspecified atom stereocenters. The summed E-state index contributed by atoms with van der Waals surface area (Å²) in [4.78, 5) is 7.29. The third kappa shape index (κ3) is 6.65. The van der Waals surface area contributed by atoms with Crippen LogP contribution in [0.1, 0.15) is 50.8 Å². The van der Waals surface area contributed by atoms with Gasteiger partial charge in [-0.1, -0.05) is 86.8 Å². The van der Waals surface area contributed by atoms with Crippen molar-refractivity contribution in [3.05, 3.63) is 101 Å². The standard InChI is InChI=1S/C31H34ClF2N3/c1-3-5-19-36(21-26-27(33)13-10-14-28(26)34)22-29-30(23-15-17-25(32)18-16-23)35-31(37(29)20-6-4-2)24-11-8-7-9-12-24/h7-18H,3-6,19-22H2,1-2H3. The zero-order valence-electron chi connectivity index (χ0n) is 21.6. The SMILES string of the molecule is CCCCN(Cc1c(F)cccc1F)Cc1c(-c2ccc(Cl)cc2)nc(-c2ccccc2)n1CCCC. The van der Waals surface area contributed by atoms with Gasteiger partial charge < -0.3 is 4.57 Å². The minimum absolute atomic E-state index is 0.106. The third-order valence-corrected chi connectivity index (χ3v) is 6.85. The van der Waals surface area contributed by atoms with Crippen LogP contribution >= 0.6 is 11.6 Å². The molecule has 0 saturated carbocycles. The van der Waals surface area contributed by atoms with Gasteiger partial charge in [0.25, 0.3) is 0 Å². The molecular weight excluding hydrogens is 488 g/mol. The first kappa shape index (κ1) is 27.0. The predicted molar refractivity (Wildman–Crippen MR) is 148 cm³/mol. The van der Waals surface area contributed by atoms with Gasteiger partial charge in [-0.3, -0.25) is 4.90 Å². The fraction of sp³-hybridized carbons (Fsp3) is 0.323. The van der Waals surface area contributed by atoms with Crippen LogP contribution < -0.4 is 0 Å². The molecule has 0 atom stereocenters. The van der Waals surface area contributed by atoms with Crippen molar-refractivity contribution >= 4 is 11.6 Å². The smallest absolute Gasteiger partial charge is 0.140 e. The molecule has 0 radical (unpaired) electrons. The second kappa shape index (κ2) is 13.0. The van der Waals surface area contributed by atoms with Crippen LogP contribution in [0.4, 0.5) is 8.78 Å². The van der Waals surface area contributed by atoms with E-state index in [-0.39, 0.29) is 12.1 Å². The molecule has 0 amide bonds. The average Bonchev–Trinajstić information content (AvgIpc) is 3.26. The molecule has 0 aliphatic heterocycles. The molecule has 0 spiro atoms. The van der Waals surface area contributed by atoms with E-state index in [1.54, 1.807) is 0 Å². The van der Waals surface area contributed by atoms with Gasteiger partial charge in [0, 0.05) is 41.3 Å². The lowest BCUT2D eigenvalue weighted by Crippen LogP contribution is -2.27. The lowest BCUT2D eigenvalue weighted by atomic mass is 10.1. The topological polar surface area (TPSA) is 21.1 Å². The highest BCUT2D eigenvalue weighted by Crippen LogP contribution is 2.32. The summed E-state index contributed by atoms with van der Waals surface area (Å²) in [5.74, 6) is -0.116. The first-order valence-corrected chi connectivity index (χ1v) is 13.5. The highest BCUT2D eigenvalue weighted by atomic mass is 35.5. The molecule has 3 aromatic carbocycles. The van der Waals surface area contributed by atoms with Gasteiger partial charge in [-0.05, 0) is 43.7 Å². The van der Waals surface area contributed by atoms with Crippen LogP contribution in [-0.2, 0) is 19.6 Å². The van der Waals surface area contributed by atoms with Crippen LogP contribution in [0.25, 0.3) is 22.6 Å². The second-order valence-corrected chi connectivity index (χ2v) is 9.81. The van der Waals surface area contributed by atoms with E-state index in [9.17, 15) is 8.78 Å². The van der Waals surface area contributed by atoms with E-state index in [0.717, 1.165) is 67.1 Å². The van der Waals surface area contributed by atoms with Crippen molar-refractivity contribution in [2.45, 2.75) is 59.2 Å². The predicted octanol–water partition coefficient (Wildman–Crippen LogP) is 8.75. The lowest BCUT2D eigenvalue weighted by molar-refractivity contribution is 0.239. The Balaban J connectivity index is 1.83. The van der Waals surface area contributed by atoms with Crippen molar-refractivity contribution in [2.75, 3.05) is 6.54 Å². The monoisotopic (exact) mass is 521 g/mol. The number of hydrogen-bond donors (Lipinski definition) is 0. The fourth-order valence-corrected chi connectivity index (χ4v) is 4.69. The van der Waals surface area contributed by atoms with E-state index >= 15 is 0 Å². The van der Waals surface area contributed by atoms with Crippen LogP contribution in [-0.4, -0.2) is 21.0 Å². The maximum Gasteiger partial charge on any atom is 0.140 e. The first-order chi connectivity index (χ1) is 18.0. The first-order valence-electron chi connectivity index (χ1n) is 13.1. The summed E-state index contributed by atoms with van der Waals surface area (Å²) in [6.07, 6.45) is 3.97. The van der Waals surface area contributed by atoms with E-state index in [2.05, 4.69) is 35.4 Å². The number of halogens is 3. The number of aromatic nitrogens is 2. The maximum atomic E-state index is 14.6. The van der Waals surface area contributed by atoms with Crippen LogP contribution in [0.5, 0.6) is 0 Å². The van der Waals surface area contributed by atoms with Crippen LogP contribution in [0.15, 0.2) is 72.8 Å². The number of rotatable bonds is 12. The third-order valence-electron chi connectivity index (χ3n) is 6.60. The number of nitrogens with zero attached hydrogens (tertiary/aromatic N) is 3. The van der Waals surface area contributed by atoms with Gasteiger partial charge in [-0.15, -0.1) is 0 Å². The molecule has 0 aliphatic rings. The van der Waals surface area contributed by atoms with Gasteiger partial charge in [0.05, 0.1) is 11.4 Å². The maximum absolute atomic E-state index is 14.6. The molecule has 0 N–H and O–H groups in total. The molecule has 0 fully saturated rings. The summed E-state index contributed by atoms with van der Waals surface area (Å²) in [5.41, 5.74) is 4.04. The lowest BCUT2D eigenvalue weighted by Gasteiger charge is -2.24. The van der Waals surface area contributed by atoms with E-state index in [4.69, 9.17) is 16.6 Å². The molecule has 6 heteroatoms. The van der Waals surface area contributed by atoms with E-state index in [0.29, 0.717) is 11.6 Å². The zero-order valence-corrected chi connectivity index (χ0v) is 22.3. The van der Waals surface area contributed by atoms with Gasteiger partial charge in [0.2, 0.25) is 0 Å². The summed E-state index contributed by atoms with van der Waals surface area (Å²) < 4.78 is 31.5. The van der Waals surface area contributed by atoms with Crippen LogP contribution in [0.2, 0.25) is 5.02 Å². The van der Waals surface area contributed by atoms with Crippen LogP contribution in [0.3, 0.4) is 0 Å². The minimum Gasteiger partial charge on any atom is -0.326 e.